The molecule has 1 N–H and O–H groups in total. The van der Waals surface area contributed by atoms with E-state index in [-0.39, 0.29) is 5.78 Å². The quantitative estimate of drug-likeness (QED) is 0.818. The van der Waals surface area contributed by atoms with Gasteiger partial charge in [0.05, 0.1) is 0 Å². The number of ketones is 1. The number of halogens is 1. The molecule has 2 aliphatic rings. The van der Waals surface area contributed by atoms with Crippen molar-refractivity contribution in [1.29, 1.82) is 0 Å². The van der Waals surface area contributed by atoms with Gasteiger partial charge in [-0.25, -0.2) is 0 Å². The average molecular weight is 327 g/mol. The summed E-state index contributed by atoms with van der Waals surface area (Å²) in [5.41, 5.74) is 4.78. The van der Waals surface area contributed by atoms with Crippen LogP contribution in [-0.4, -0.2) is 12.0 Å². The predicted octanol–water partition coefficient (Wildman–Crippen LogP) is 2.96. The van der Waals surface area contributed by atoms with Gasteiger partial charge in [-0.1, -0.05) is 70.5 Å². The van der Waals surface area contributed by atoms with Crippen LogP contribution >= 0.6 is 15.9 Å². The number of nitrogens with one attached hydrogen (secondary N) is 1. The van der Waals surface area contributed by atoms with E-state index in [0.717, 1.165) is 16.7 Å². The Morgan fingerprint density at radius 3 is 2.50 bits per heavy atom. The van der Waals surface area contributed by atoms with Crippen molar-refractivity contribution >= 4 is 27.9 Å². The van der Waals surface area contributed by atoms with E-state index in [9.17, 15) is 4.79 Å². The number of fused-ring (bicyclic) bond motifs is 3. The third-order valence-electron chi connectivity index (χ3n) is 4.13. The lowest BCUT2D eigenvalue weighted by molar-refractivity contribution is 0.0868. The molecule has 2 aromatic carbocycles. The van der Waals surface area contributed by atoms with Crippen LogP contribution in [-0.2, 0) is 9.86 Å². The van der Waals surface area contributed by atoms with Crippen LogP contribution in [0, 0.1) is 0 Å². The number of carbonyl (C=O) groups excluding carboxylic acids is 1. The standard InChI is InChI=1S/C16H11BrN2O/c17-15-10-18-19-16(15,11-6-2-1-3-7-11)14(20)12-8-4-5-9-13(12)15/h1-10,19H. The molecular formula is C16H11BrN2O. The fourth-order valence-electron chi connectivity index (χ4n) is 3.18. The number of benzene rings is 2. The molecular weight excluding hydrogens is 316 g/mol. The number of nitrogens with zero attached hydrogens (tertiary/aromatic N) is 1. The molecule has 4 rings (SSSR count). The Balaban J connectivity index is 2.05. The largest absolute Gasteiger partial charge is 0.291 e. The highest BCUT2D eigenvalue weighted by Gasteiger charge is 2.65. The van der Waals surface area contributed by atoms with Crippen molar-refractivity contribution in [3.05, 3.63) is 71.3 Å². The zero-order valence-electron chi connectivity index (χ0n) is 10.5. The summed E-state index contributed by atoms with van der Waals surface area (Å²) < 4.78 is -0.630. The van der Waals surface area contributed by atoms with E-state index in [1.807, 2.05) is 54.6 Å². The third-order valence-corrected chi connectivity index (χ3v) is 5.36. The third kappa shape index (κ3) is 1.16. The number of carbonyl (C=O) groups is 1. The lowest BCUT2D eigenvalue weighted by Gasteiger charge is -2.33. The van der Waals surface area contributed by atoms with Crippen LogP contribution in [0.5, 0.6) is 0 Å². The number of Topliss-reactive ketones (excluding diaryl/α,β-unsaturated/α-hetero) is 1. The van der Waals surface area contributed by atoms with Crippen molar-refractivity contribution in [3.63, 3.8) is 0 Å². The summed E-state index contributed by atoms with van der Waals surface area (Å²) >= 11 is 3.77. The molecule has 0 bridgehead atoms. The molecule has 20 heavy (non-hydrogen) atoms. The van der Waals surface area contributed by atoms with Gasteiger partial charge in [0.2, 0.25) is 0 Å². The summed E-state index contributed by atoms with van der Waals surface area (Å²) in [5, 5.41) is 4.19. The molecule has 0 saturated carbocycles. The van der Waals surface area contributed by atoms with Gasteiger partial charge in [-0.2, -0.15) is 5.10 Å². The molecule has 98 valence electrons. The van der Waals surface area contributed by atoms with E-state index in [1.54, 1.807) is 6.21 Å². The van der Waals surface area contributed by atoms with E-state index in [0.29, 0.717) is 0 Å². The summed E-state index contributed by atoms with van der Waals surface area (Å²) in [6.45, 7) is 0. The molecule has 1 aliphatic carbocycles. The Kier molecular flexibility index (Phi) is 2.25. The molecule has 0 saturated heterocycles. The van der Waals surface area contributed by atoms with Gasteiger partial charge in [0.15, 0.2) is 11.3 Å². The molecule has 1 aliphatic heterocycles. The minimum atomic E-state index is -0.891. The molecule has 1 heterocycles. The molecule has 2 aromatic rings. The number of hydrogen-bond donors (Lipinski definition) is 1. The van der Waals surface area contributed by atoms with E-state index in [4.69, 9.17) is 0 Å². The Hall–Kier alpha value is -1.94. The monoisotopic (exact) mass is 326 g/mol. The first-order chi connectivity index (χ1) is 9.70. The van der Waals surface area contributed by atoms with Crippen LogP contribution in [0.25, 0.3) is 0 Å². The Bertz CT molecular complexity index is 743. The van der Waals surface area contributed by atoms with Gasteiger partial charge in [0, 0.05) is 11.8 Å². The van der Waals surface area contributed by atoms with E-state index in [2.05, 4.69) is 26.5 Å². The van der Waals surface area contributed by atoms with Gasteiger partial charge in [0.1, 0.15) is 4.32 Å². The molecule has 4 heteroatoms. The van der Waals surface area contributed by atoms with Crippen molar-refractivity contribution in [2.24, 2.45) is 5.10 Å². The van der Waals surface area contributed by atoms with Crippen molar-refractivity contribution in [1.82, 2.24) is 5.43 Å². The summed E-state index contributed by atoms with van der Waals surface area (Å²) in [6, 6.07) is 17.4. The van der Waals surface area contributed by atoms with Gasteiger partial charge in [-0.3, -0.25) is 10.2 Å². The van der Waals surface area contributed by atoms with Crippen LogP contribution in [0.2, 0.25) is 0 Å². The minimum absolute atomic E-state index is 0.0497. The second kappa shape index (κ2) is 3.79. The highest BCUT2D eigenvalue weighted by atomic mass is 79.9. The molecule has 0 radical (unpaired) electrons. The maximum Gasteiger partial charge on any atom is 0.196 e. The second-order valence-corrected chi connectivity index (χ2v) is 6.32. The highest BCUT2D eigenvalue weighted by Crippen LogP contribution is 2.56. The molecule has 0 fully saturated rings. The van der Waals surface area contributed by atoms with Crippen molar-refractivity contribution < 1.29 is 4.79 Å². The van der Waals surface area contributed by atoms with Crippen LogP contribution in [0.4, 0.5) is 0 Å². The Morgan fingerprint density at radius 1 is 1.00 bits per heavy atom. The first-order valence-corrected chi connectivity index (χ1v) is 7.19. The summed E-state index contributed by atoms with van der Waals surface area (Å²) in [4.78, 5) is 13.0. The van der Waals surface area contributed by atoms with Crippen molar-refractivity contribution in [3.8, 4) is 0 Å². The van der Waals surface area contributed by atoms with E-state index in [1.165, 1.54) is 0 Å². The van der Waals surface area contributed by atoms with Gasteiger partial charge >= 0.3 is 0 Å². The van der Waals surface area contributed by atoms with Gasteiger partial charge in [0.25, 0.3) is 0 Å². The zero-order valence-corrected chi connectivity index (χ0v) is 12.1. The smallest absolute Gasteiger partial charge is 0.196 e. The van der Waals surface area contributed by atoms with Crippen LogP contribution in [0.3, 0.4) is 0 Å². The lowest BCUT2D eigenvalue weighted by atomic mass is 9.80. The van der Waals surface area contributed by atoms with E-state index < -0.39 is 9.86 Å². The molecule has 2 atom stereocenters. The van der Waals surface area contributed by atoms with Crippen LogP contribution < -0.4 is 5.43 Å². The normalized spacial score (nSPS) is 29.9. The maximum atomic E-state index is 13.0. The number of rotatable bonds is 1. The lowest BCUT2D eigenvalue weighted by Crippen LogP contribution is -2.51. The Morgan fingerprint density at radius 2 is 1.70 bits per heavy atom. The van der Waals surface area contributed by atoms with Crippen LogP contribution in [0.1, 0.15) is 21.5 Å². The molecule has 3 nitrogen and oxygen atoms in total. The van der Waals surface area contributed by atoms with E-state index >= 15 is 0 Å². The maximum absolute atomic E-state index is 13.0. The van der Waals surface area contributed by atoms with Gasteiger partial charge < -0.3 is 0 Å². The predicted molar refractivity (Wildman–Crippen MR) is 81.1 cm³/mol. The highest BCUT2D eigenvalue weighted by molar-refractivity contribution is 9.10. The second-order valence-electron chi connectivity index (χ2n) is 5.07. The van der Waals surface area contributed by atoms with Crippen molar-refractivity contribution in [2.75, 3.05) is 0 Å². The molecule has 2 unspecified atom stereocenters. The Labute approximate surface area is 124 Å². The van der Waals surface area contributed by atoms with Crippen molar-refractivity contribution in [2.45, 2.75) is 9.86 Å². The van der Waals surface area contributed by atoms with Gasteiger partial charge in [-0.05, 0) is 11.1 Å². The summed E-state index contributed by atoms with van der Waals surface area (Å²) in [7, 11) is 0. The first-order valence-electron chi connectivity index (χ1n) is 6.40. The number of hydrogen-bond acceptors (Lipinski definition) is 3. The number of alkyl halides is 1. The van der Waals surface area contributed by atoms with Crippen LogP contribution in [0.15, 0.2) is 59.7 Å². The SMILES string of the molecule is O=C1c2ccccc2C2(Br)C=NNC12c1ccccc1. The van der Waals surface area contributed by atoms with Gasteiger partial charge in [-0.15, -0.1) is 0 Å². The molecule has 0 aromatic heterocycles. The fourth-order valence-corrected chi connectivity index (χ4v) is 4.12. The zero-order chi connectivity index (χ0) is 13.8. The summed E-state index contributed by atoms with van der Waals surface area (Å²) in [6.07, 6.45) is 1.78. The number of hydrazone groups is 1. The fraction of sp³-hybridized carbons (Fsp3) is 0.125. The first kappa shape index (κ1) is 11.9. The molecule has 0 spiro atoms. The minimum Gasteiger partial charge on any atom is -0.291 e. The average Bonchev–Trinajstić information content (AvgIpc) is 2.94. The topological polar surface area (TPSA) is 41.5 Å². The molecule has 0 amide bonds. The summed E-state index contributed by atoms with van der Waals surface area (Å²) in [5.74, 6) is 0.0497.